The van der Waals surface area contributed by atoms with Crippen molar-refractivity contribution in [3.05, 3.63) is 12.3 Å². The zero-order valence-electron chi connectivity index (χ0n) is 7.92. The molecule has 72 valence electrons. The Morgan fingerprint density at radius 2 is 2.17 bits per heavy atom. The highest BCUT2D eigenvalue weighted by Crippen LogP contribution is 1.96. The highest BCUT2D eigenvalue weighted by Gasteiger charge is 2.03. The average molecular weight is 172 g/mol. The molecule has 3 heteroatoms. The van der Waals surface area contributed by atoms with Crippen molar-refractivity contribution < 1.29 is 5.11 Å². The van der Waals surface area contributed by atoms with E-state index in [1.54, 1.807) is 0 Å². The van der Waals surface area contributed by atoms with E-state index in [4.69, 9.17) is 10.8 Å². The van der Waals surface area contributed by atoms with Crippen molar-refractivity contribution in [1.82, 2.24) is 4.90 Å². The third kappa shape index (κ3) is 6.19. The number of nitrogens with zero attached hydrogens (tertiary/aromatic N) is 1. The first-order valence-electron chi connectivity index (χ1n) is 4.49. The van der Waals surface area contributed by atoms with Gasteiger partial charge in [-0.15, -0.1) is 0 Å². The highest BCUT2D eigenvalue weighted by atomic mass is 16.3. The molecule has 0 rings (SSSR count). The molecule has 0 aromatic rings. The number of hydrogen-bond donors (Lipinski definition) is 2. The lowest BCUT2D eigenvalue weighted by Crippen LogP contribution is -2.32. The number of unbranched alkanes of at least 4 members (excludes halogenated alkanes) is 1. The van der Waals surface area contributed by atoms with Gasteiger partial charge in [0.05, 0.1) is 12.3 Å². The minimum Gasteiger partial charge on any atom is -0.512 e. The molecule has 0 unspecified atom stereocenters. The quantitative estimate of drug-likeness (QED) is 0.566. The van der Waals surface area contributed by atoms with E-state index in [1.807, 2.05) is 0 Å². The Balaban J connectivity index is 3.61. The van der Waals surface area contributed by atoms with Crippen LogP contribution < -0.4 is 5.73 Å². The van der Waals surface area contributed by atoms with Crippen LogP contribution in [0.1, 0.15) is 19.8 Å². The van der Waals surface area contributed by atoms with Crippen LogP contribution in [0.2, 0.25) is 0 Å². The smallest absolute Gasteiger partial charge is 0.0991 e. The molecule has 0 saturated heterocycles. The maximum atomic E-state index is 8.97. The summed E-state index contributed by atoms with van der Waals surface area (Å²) in [5.41, 5.74) is 5.42. The number of hydrogen-bond acceptors (Lipinski definition) is 3. The molecule has 12 heavy (non-hydrogen) atoms. The van der Waals surface area contributed by atoms with Crippen molar-refractivity contribution in [3.8, 4) is 0 Å². The van der Waals surface area contributed by atoms with Gasteiger partial charge in [0.25, 0.3) is 0 Å². The van der Waals surface area contributed by atoms with Crippen LogP contribution >= 0.6 is 0 Å². The molecular formula is C9H20N2O. The molecule has 0 radical (unpaired) electrons. The molecule has 0 aliphatic carbocycles. The fourth-order valence-corrected chi connectivity index (χ4v) is 1.09. The van der Waals surface area contributed by atoms with Crippen LogP contribution in [0, 0.1) is 0 Å². The topological polar surface area (TPSA) is 49.5 Å². The number of aliphatic hydroxyl groups is 1. The Morgan fingerprint density at radius 1 is 1.50 bits per heavy atom. The molecule has 0 aromatic heterocycles. The molecule has 0 saturated carbocycles. The van der Waals surface area contributed by atoms with Crippen LogP contribution in [-0.4, -0.2) is 36.2 Å². The Hall–Kier alpha value is -0.540. The van der Waals surface area contributed by atoms with Crippen LogP contribution in [-0.2, 0) is 0 Å². The molecule has 0 aromatic carbocycles. The van der Waals surface area contributed by atoms with Gasteiger partial charge in [0.15, 0.2) is 0 Å². The van der Waals surface area contributed by atoms with Crippen LogP contribution in [0.5, 0.6) is 0 Å². The summed E-state index contributed by atoms with van der Waals surface area (Å²) in [6.45, 7) is 8.62. The largest absolute Gasteiger partial charge is 0.512 e. The van der Waals surface area contributed by atoms with Gasteiger partial charge in [-0.1, -0.05) is 19.9 Å². The first-order valence-corrected chi connectivity index (χ1v) is 4.49. The van der Waals surface area contributed by atoms with Crippen LogP contribution in [0.4, 0.5) is 0 Å². The zero-order chi connectivity index (χ0) is 9.40. The lowest BCUT2D eigenvalue weighted by Gasteiger charge is -2.20. The average Bonchev–Trinajstić information content (AvgIpc) is 2.00. The van der Waals surface area contributed by atoms with Crippen molar-refractivity contribution in [1.29, 1.82) is 0 Å². The van der Waals surface area contributed by atoms with Crippen molar-refractivity contribution >= 4 is 0 Å². The second-order valence-electron chi connectivity index (χ2n) is 2.98. The molecular weight excluding hydrogens is 152 g/mol. The second-order valence-corrected chi connectivity index (χ2v) is 2.98. The minimum absolute atomic E-state index is 0.222. The van der Waals surface area contributed by atoms with Gasteiger partial charge in [0.1, 0.15) is 0 Å². The van der Waals surface area contributed by atoms with E-state index in [1.165, 1.54) is 6.42 Å². The first-order chi connectivity index (χ1) is 5.70. The monoisotopic (exact) mass is 172 g/mol. The summed E-state index contributed by atoms with van der Waals surface area (Å²) in [7, 11) is 0. The standard InChI is InChI=1S/C9H20N2O/c1-3-4-6-11(7-5-10)8-9(2)12/h12H,2-8,10H2,1H3. The second kappa shape index (κ2) is 7.13. The molecule has 0 aliphatic rings. The summed E-state index contributed by atoms with van der Waals surface area (Å²) < 4.78 is 0. The van der Waals surface area contributed by atoms with Crippen LogP contribution in [0.3, 0.4) is 0 Å². The van der Waals surface area contributed by atoms with Crippen LogP contribution in [0.25, 0.3) is 0 Å². The number of rotatable bonds is 7. The minimum atomic E-state index is 0.222. The van der Waals surface area contributed by atoms with Gasteiger partial charge >= 0.3 is 0 Å². The summed E-state index contributed by atoms with van der Waals surface area (Å²) >= 11 is 0. The van der Waals surface area contributed by atoms with E-state index in [0.29, 0.717) is 13.1 Å². The van der Waals surface area contributed by atoms with Crippen molar-refractivity contribution in [2.75, 3.05) is 26.2 Å². The zero-order valence-corrected chi connectivity index (χ0v) is 7.92. The lowest BCUT2D eigenvalue weighted by molar-refractivity contribution is 0.252. The lowest BCUT2D eigenvalue weighted by atomic mass is 10.3. The molecule has 0 heterocycles. The first kappa shape index (κ1) is 11.5. The van der Waals surface area contributed by atoms with E-state index in [0.717, 1.165) is 19.5 Å². The molecule has 0 spiro atoms. The number of nitrogens with two attached hydrogens (primary N) is 1. The van der Waals surface area contributed by atoms with E-state index in [-0.39, 0.29) is 5.76 Å². The van der Waals surface area contributed by atoms with Crippen molar-refractivity contribution in [2.24, 2.45) is 5.73 Å². The van der Waals surface area contributed by atoms with Gasteiger partial charge in [-0.2, -0.15) is 0 Å². The van der Waals surface area contributed by atoms with Crippen molar-refractivity contribution in [3.63, 3.8) is 0 Å². The molecule has 0 aliphatic heterocycles. The maximum Gasteiger partial charge on any atom is 0.0991 e. The van der Waals surface area contributed by atoms with E-state index >= 15 is 0 Å². The normalized spacial score (nSPS) is 10.6. The predicted molar refractivity (Wildman–Crippen MR) is 52.2 cm³/mol. The van der Waals surface area contributed by atoms with Crippen molar-refractivity contribution in [2.45, 2.75) is 19.8 Å². The fourth-order valence-electron chi connectivity index (χ4n) is 1.09. The molecule has 0 amide bonds. The SMILES string of the molecule is C=C(O)CN(CCN)CCCC. The predicted octanol–water partition coefficient (Wildman–Crippen LogP) is 1.12. The summed E-state index contributed by atoms with van der Waals surface area (Å²) in [6.07, 6.45) is 2.31. The Labute approximate surface area is 74.9 Å². The van der Waals surface area contributed by atoms with E-state index in [2.05, 4.69) is 18.4 Å². The fraction of sp³-hybridized carbons (Fsp3) is 0.778. The molecule has 0 fully saturated rings. The summed E-state index contributed by atoms with van der Waals surface area (Å²) in [5.74, 6) is 0.222. The van der Waals surface area contributed by atoms with Gasteiger partial charge in [-0.25, -0.2) is 0 Å². The highest BCUT2D eigenvalue weighted by molar-refractivity contribution is 4.83. The van der Waals surface area contributed by atoms with E-state index in [9.17, 15) is 0 Å². The third-order valence-electron chi connectivity index (χ3n) is 1.68. The maximum absolute atomic E-state index is 8.97. The molecule has 3 N–H and O–H groups in total. The summed E-state index contributed by atoms with van der Waals surface area (Å²) in [4.78, 5) is 2.12. The Morgan fingerprint density at radius 3 is 2.58 bits per heavy atom. The molecule has 0 atom stereocenters. The van der Waals surface area contributed by atoms with Gasteiger partial charge in [0.2, 0.25) is 0 Å². The van der Waals surface area contributed by atoms with E-state index < -0.39 is 0 Å². The van der Waals surface area contributed by atoms with Gasteiger partial charge in [-0.3, -0.25) is 4.90 Å². The third-order valence-corrected chi connectivity index (χ3v) is 1.68. The van der Waals surface area contributed by atoms with Gasteiger partial charge < -0.3 is 10.8 Å². The molecule has 0 bridgehead atoms. The molecule has 3 nitrogen and oxygen atoms in total. The summed E-state index contributed by atoms with van der Waals surface area (Å²) in [6, 6.07) is 0. The summed E-state index contributed by atoms with van der Waals surface area (Å²) in [5, 5.41) is 8.97. The van der Waals surface area contributed by atoms with Gasteiger partial charge in [-0.05, 0) is 13.0 Å². The van der Waals surface area contributed by atoms with Crippen LogP contribution in [0.15, 0.2) is 12.3 Å². The Kier molecular flexibility index (Phi) is 6.81. The van der Waals surface area contributed by atoms with Gasteiger partial charge in [0, 0.05) is 13.1 Å². The Bertz CT molecular complexity index is 126. The number of aliphatic hydroxyl groups excluding tert-OH is 1.